The molecule has 0 saturated carbocycles. The number of nitrogens with zero attached hydrogens (tertiary/aromatic N) is 4. The molecule has 2 aromatic rings. The largest absolute Gasteiger partial charge is 0.360 e. The summed E-state index contributed by atoms with van der Waals surface area (Å²) in [6.45, 7) is 2.00. The summed E-state index contributed by atoms with van der Waals surface area (Å²) in [5.74, 6) is 0.00830. The van der Waals surface area contributed by atoms with Crippen LogP contribution >= 0.6 is 0 Å². The number of nitriles is 1. The van der Waals surface area contributed by atoms with Gasteiger partial charge in [0.15, 0.2) is 0 Å². The Hall–Kier alpha value is -3.40. The standard InChI is InChI=1S/C18H16N4O3/c19-11-14-1-3-15(4-2-14)12-21-10-9-20(13-18(21)23)16-5-7-17(8-6-16)22(24)25/h1-8H,9-10,12-13H2. The second-order valence-electron chi connectivity index (χ2n) is 5.82. The summed E-state index contributed by atoms with van der Waals surface area (Å²) in [6, 6.07) is 15.5. The van der Waals surface area contributed by atoms with Crippen molar-refractivity contribution in [1.29, 1.82) is 5.26 Å². The van der Waals surface area contributed by atoms with Gasteiger partial charge in [0.1, 0.15) is 0 Å². The van der Waals surface area contributed by atoms with E-state index in [1.165, 1.54) is 12.1 Å². The Morgan fingerprint density at radius 3 is 2.32 bits per heavy atom. The third kappa shape index (κ3) is 3.75. The van der Waals surface area contributed by atoms with E-state index in [2.05, 4.69) is 6.07 Å². The number of nitro groups is 1. The summed E-state index contributed by atoms with van der Waals surface area (Å²) < 4.78 is 0. The molecule has 1 amide bonds. The molecule has 7 nitrogen and oxygen atoms in total. The Bertz CT molecular complexity index is 825. The first-order chi connectivity index (χ1) is 12.1. The third-order valence-electron chi connectivity index (χ3n) is 4.20. The zero-order chi connectivity index (χ0) is 17.8. The number of hydrogen-bond donors (Lipinski definition) is 0. The van der Waals surface area contributed by atoms with Gasteiger partial charge in [-0.3, -0.25) is 14.9 Å². The first-order valence-electron chi connectivity index (χ1n) is 7.83. The number of amides is 1. The number of anilines is 1. The molecule has 2 aromatic carbocycles. The summed E-state index contributed by atoms with van der Waals surface area (Å²) in [5, 5.41) is 19.5. The molecule has 25 heavy (non-hydrogen) atoms. The summed E-state index contributed by atoms with van der Waals surface area (Å²) in [7, 11) is 0. The van der Waals surface area contributed by atoms with E-state index in [1.807, 2.05) is 17.0 Å². The molecule has 1 saturated heterocycles. The van der Waals surface area contributed by atoms with Gasteiger partial charge >= 0.3 is 0 Å². The lowest BCUT2D eigenvalue weighted by atomic mass is 10.1. The van der Waals surface area contributed by atoms with E-state index < -0.39 is 4.92 Å². The third-order valence-corrected chi connectivity index (χ3v) is 4.20. The second kappa shape index (κ2) is 7.01. The molecule has 0 bridgehead atoms. The maximum atomic E-state index is 12.4. The van der Waals surface area contributed by atoms with Crippen molar-refractivity contribution in [2.75, 3.05) is 24.5 Å². The molecule has 126 valence electrons. The lowest BCUT2D eigenvalue weighted by Crippen LogP contribution is -2.50. The van der Waals surface area contributed by atoms with Gasteiger partial charge in [0.05, 0.1) is 23.1 Å². The average molecular weight is 336 g/mol. The van der Waals surface area contributed by atoms with Crippen LogP contribution in [0.5, 0.6) is 0 Å². The van der Waals surface area contributed by atoms with Crippen LogP contribution < -0.4 is 4.90 Å². The number of hydrogen-bond acceptors (Lipinski definition) is 5. The minimum Gasteiger partial charge on any atom is -0.360 e. The van der Waals surface area contributed by atoms with Crippen LogP contribution in [0.3, 0.4) is 0 Å². The van der Waals surface area contributed by atoms with Crippen molar-refractivity contribution in [3.05, 3.63) is 69.8 Å². The maximum Gasteiger partial charge on any atom is 0.269 e. The highest BCUT2D eigenvalue weighted by molar-refractivity contribution is 5.83. The molecule has 7 heteroatoms. The van der Waals surface area contributed by atoms with E-state index in [-0.39, 0.29) is 18.1 Å². The number of carbonyl (C=O) groups excluding carboxylic acids is 1. The fourth-order valence-electron chi connectivity index (χ4n) is 2.79. The first-order valence-corrected chi connectivity index (χ1v) is 7.83. The van der Waals surface area contributed by atoms with Crippen molar-refractivity contribution in [3.63, 3.8) is 0 Å². The van der Waals surface area contributed by atoms with E-state index >= 15 is 0 Å². The summed E-state index contributed by atoms with van der Waals surface area (Å²) >= 11 is 0. The van der Waals surface area contributed by atoms with Gasteiger partial charge in [0, 0.05) is 37.5 Å². The summed E-state index contributed by atoms with van der Waals surface area (Å²) in [5.41, 5.74) is 2.42. The highest BCUT2D eigenvalue weighted by Gasteiger charge is 2.24. The van der Waals surface area contributed by atoms with Crippen LogP contribution in [0.1, 0.15) is 11.1 Å². The van der Waals surface area contributed by atoms with Crippen molar-refractivity contribution in [2.24, 2.45) is 0 Å². The molecular formula is C18H16N4O3. The first kappa shape index (κ1) is 16.5. The van der Waals surface area contributed by atoms with Gasteiger partial charge in [-0.05, 0) is 29.8 Å². The number of piperazine rings is 1. The number of rotatable bonds is 4. The molecule has 0 spiro atoms. The molecule has 0 N–H and O–H groups in total. The van der Waals surface area contributed by atoms with Crippen LogP contribution in [0.25, 0.3) is 0 Å². The van der Waals surface area contributed by atoms with Crippen molar-refractivity contribution in [3.8, 4) is 6.07 Å². The van der Waals surface area contributed by atoms with Crippen molar-refractivity contribution in [2.45, 2.75) is 6.54 Å². The molecule has 1 aliphatic heterocycles. The molecule has 1 fully saturated rings. The lowest BCUT2D eigenvalue weighted by molar-refractivity contribution is -0.384. The molecule has 1 aliphatic rings. The molecule has 0 radical (unpaired) electrons. The predicted molar refractivity (Wildman–Crippen MR) is 91.9 cm³/mol. The van der Waals surface area contributed by atoms with Gasteiger partial charge < -0.3 is 9.80 Å². The van der Waals surface area contributed by atoms with Crippen molar-refractivity contribution < 1.29 is 9.72 Å². The van der Waals surface area contributed by atoms with Gasteiger partial charge in [-0.15, -0.1) is 0 Å². The topological polar surface area (TPSA) is 90.5 Å². The van der Waals surface area contributed by atoms with E-state index in [0.29, 0.717) is 25.2 Å². The van der Waals surface area contributed by atoms with Crippen LogP contribution in [0, 0.1) is 21.4 Å². The van der Waals surface area contributed by atoms with E-state index in [4.69, 9.17) is 5.26 Å². The number of carbonyl (C=O) groups is 1. The quantitative estimate of drug-likeness (QED) is 0.631. The van der Waals surface area contributed by atoms with Gasteiger partial charge in [-0.25, -0.2) is 0 Å². The van der Waals surface area contributed by atoms with Gasteiger partial charge in [0.2, 0.25) is 5.91 Å². The number of nitro benzene ring substituents is 1. The van der Waals surface area contributed by atoms with Crippen LogP contribution in [-0.2, 0) is 11.3 Å². The smallest absolute Gasteiger partial charge is 0.269 e. The minimum atomic E-state index is -0.440. The molecule has 1 heterocycles. The van der Waals surface area contributed by atoms with Gasteiger partial charge in [0.25, 0.3) is 5.69 Å². The Balaban J connectivity index is 1.62. The maximum absolute atomic E-state index is 12.4. The molecule has 0 atom stereocenters. The van der Waals surface area contributed by atoms with Crippen molar-refractivity contribution >= 4 is 17.3 Å². The lowest BCUT2D eigenvalue weighted by Gasteiger charge is -2.35. The summed E-state index contributed by atoms with van der Waals surface area (Å²) in [6.07, 6.45) is 0. The van der Waals surface area contributed by atoms with Crippen LogP contribution in [0.4, 0.5) is 11.4 Å². The van der Waals surface area contributed by atoms with E-state index in [9.17, 15) is 14.9 Å². The highest BCUT2D eigenvalue weighted by atomic mass is 16.6. The molecule has 0 unspecified atom stereocenters. The molecular weight excluding hydrogens is 320 g/mol. The normalized spacial score (nSPS) is 14.3. The zero-order valence-corrected chi connectivity index (χ0v) is 13.5. The Morgan fingerprint density at radius 1 is 1.08 bits per heavy atom. The van der Waals surface area contributed by atoms with Crippen LogP contribution in [0.2, 0.25) is 0 Å². The monoisotopic (exact) mass is 336 g/mol. The Morgan fingerprint density at radius 2 is 1.76 bits per heavy atom. The van der Waals surface area contributed by atoms with E-state index in [0.717, 1.165) is 11.3 Å². The second-order valence-corrected chi connectivity index (χ2v) is 5.82. The van der Waals surface area contributed by atoms with Crippen LogP contribution in [0.15, 0.2) is 48.5 Å². The minimum absolute atomic E-state index is 0.00830. The SMILES string of the molecule is N#Cc1ccc(CN2CCN(c3ccc([N+](=O)[O-])cc3)CC2=O)cc1. The molecule has 3 rings (SSSR count). The number of non-ortho nitro benzene ring substituents is 1. The summed E-state index contributed by atoms with van der Waals surface area (Å²) in [4.78, 5) is 26.4. The van der Waals surface area contributed by atoms with Gasteiger partial charge in [-0.2, -0.15) is 5.26 Å². The zero-order valence-electron chi connectivity index (χ0n) is 13.5. The van der Waals surface area contributed by atoms with Crippen molar-refractivity contribution in [1.82, 2.24) is 4.90 Å². The fraction of sp³-hybridized carbons (Fsp3) is 0.222. The predicted octanol–water partition coefficient (Wildman–Crippen LogP) is 2.32. The Labute approximate surface area is 144 Å². The Kier molecular flexibility index (Phi) is 4.61. The number of benzene rings is 2. The molecule has 0 aliphatic carbocycles. The molecule has 0 aromatic heterocycles. The van der Waals surface area contributed by atoms with E-state index in [1.54, 1.807) is 29.2 Å². The average Bonchev–Trinajstić information content (AvgIpc) is 2.64. The highest BCUT2D eigenvalue weighted by Crippen LogP contribution is 2.21. The van der Waals surface area contributed by atoms with Crippen LogP contribution in [-0.4, -0.2) is 35.4 Å². The fourth-order valence-corrected chi connectivity index (χ4v) is 2.79. The van der Waals surface area contributed by atoms with Gasteiger partial charge in [-0.1, -0.05) is 12.1 Å².